The van der Waals surface area contributed by atoms with Crippen LogP contribution in [0.15, 0.2) is 29.3 Å². The summed E-state index contributed by atoms with van der Waals surface area (Å²) in [6, 6.07) is -0.646. The smallest absolute Gasteiger partial charge is 0.372 e. The maximum Gasteiger partial charge on any atom is 0.372 e. The van der Waals surface area contributed by atoms with Gasteiger partial charge < -0.3 is 5.11 Å². The Labute approximate surface area is 86.1 Å². The highest BCUT2D eigenvalue weighted by atomic mass is 32.2. The summed E-state index contributed by atoms with van der Waals surface area (Å²) in [6.45, 7) is 0. The molecule has 0 aromatic heterocycles. The first-order chi connectivity index (χ1) is 7.00. The molecular formula is C8H8N2O4S. The number of carbonyl (C=O) groups is 1. The lowest BCUT2D eigenvalue weighted by molar-refractivity contribution is -0.129. The second kappa shape index (κ2) is 3.20. The summed E-state index contributed by atoms with van der Waals surface area (Å²) >= 11 is 0. The summed E-state index contributed by atoms with van der Waals surface area (Å²) in [7, 11) is -3.68. The monoisotopic (exact) mass is 228 g/mol. The van der Waals surface area contributed by atoms with E-state index in [1.807, 2.05) is 4.72 Å². The van der Waals surface area contributed by atoms with Gasteiger partial charge in [-0.25, -0.2) is 13.2 Å². The van der Waals surface area contributed by atoms with Crippen LogP contribution in [0.3, 0.4) is 0 Å². The zero-order valence-corrected chi connectivity index (χ0v) is 8.31. The van der Waals surface area contributed by atoms with Crippen LogP contribution in [0, 0.1) is 0 Å². The van der Waals surface area contributed by atoms with Crippen LogP contribution in [0.1, 0.15) is 0 Å². The quantitative estimate of drug-likeness (QED) is 0.618. The van der Waals surface area contributed by atoms with Crippen molar-refractivity contribution in [2.75, 3.05) is 0 Å². The Morgan fingerprint density at radius 1 is 1.40 bits per heavy atom. The number of allylic oxidation sites excluding steroid dienone is 2. The van der Waals surface area contributed by atoms with Crippen molar-refractivity contribution in [3.63, 3.8) is 0 Å². The molecule has 1 aliphatic carbocycles. The van der Waals surface area contributed by atoms with Crippen molar-refractivity contribution in [2.45, 2.75) is 11.3 Å². The van der Waals surface area contributed by atoms with E-state index < -0.39 is 33.1 Å². The molecule has 2 atom stereocenters. The number of sulfonamides is 1. The molecule has 0 aromatic rings. The Balaban J connectivity index is 2.47. The Kier molecular flexibility index (Phi) is 2.11. The Bertz CT molecular complexity index is 489. The van der Waals surface area contributed by atoms with Gasteiger partial charge in [-0.2, -0.15) is 0 Å². The van der Waals surface area contributed by atoms with Crippen molar-refractivity contribution < 1.29 is 18.3 Å². The molecular weight excluding hydrogens is 220 g/mol. The maximum atomic E-state index is 11.6. The second-order valence-corrected chi connectivity index (χ2v) is 4.99. The van der Waals surface area contributed by atoms with Crippen molar-refractivity contribution in [1.29, 1.82) is 0 Å². The van der Waals surface area contributed by atoms with E-state index in [9.17, 15) is 13.2 Å². The molecule has 2 N–H and O–H groups in total. The summed E-state index contributed by atoms with van der Waals surface area (Å²) in [5, 5.41) is 7.85. The molecule has 6 nitrogen and oxygen atoms in total. The van der Waals surface area contributed by atoms with Crippen molar-refractivity contribution in [3.05, 3.63) is 24.3 Å². The van der Waals surface area contributed by atoms with Gasteiger partial charge in [0.05, 0.1) is 6.04 Å². The van der Waals surface area contributed by atoms with Gasteiger partial charge in [-0.05, 0) is 0 Å². The van der Waals surface area contributed by atoms with E-state index in [2.05, 4.69) is 4.99 Å². The number of nitrogens with zero attached hydrogens (tertiary/aromatic N) is 1. The van der Waals surface area contributed by atoms with Crippen molar-refractivity contribution in [2.24, 2.45) is 4.99 Å². The number of aliphatic carboxylic acids is 1. The normalized spacial score (nSPS) is 31.3. The van der Waals surface area contributed by atoms with Gasteiger partial charge in [-0.1, -0.05) is 24.3 Å². The summed E-state index contributed by atoms with van der Waals surface area (Å²) in [4.78, 5) is 14.4. The molecule has 15 heavy (non-hydrogen) atoms. The van der Waals surface area contributed by atoms with Crippen LogP contribution >= 0.6 is 0 Å². The van der Waals surface area contributed by atoms with E-state index in [1.54, 1.807) is 18.2 Å². The first-order valence-electron chi connectivity index (χ1n) is 4.18. The van der Waals surface area contributed by atoms with E-state index in [-0.39, 0.29) is 0 Å². The highest BCUT2D eigenvalue weighted by molar-refractivity contribution is 7.91. The van der Waals surface area contributed by atoms with Gasteiger partial charge in [0, 0.05) is 0 Å². The predicted molar refractivity (Wildman–Crippen MR) is 53.0 cm³/mol. The van der Waals surface area contributed by atoms with Crippen LogP contribution in [0.2, 0.25) is 0 Å². The number of carboxylic acids is 1. The Morgan fingerprint density at radius 3 is 2.73 bits per heavy atom. The molecule has 0 amide bonds. The Morgan fingerprint density at radius 2 is 2.07 bits per heavy atom. The number of amidine groups is 1. The van der Waals surface area contributed by atoms with E-state index in [1.165, 1.54) is 6.08 Å². The van der Waals surface area contributed by atoms with Crippen LogP contribution in [0.5, 0.6) is 0 Å². The van der Waals surface area contributed by atoms with Gasteiger partial charge in [-0.3, -0.25) is 9.71 Å². The van der Waals surface area contributed by atoms with Gasteiger partial charge in [-0.15, -0.1) is 0 Å². The highest BCUT2D eigenvalue weighted by Crippen LogP contribution is 2.19. The molecule has 2 rings (SSSR count). The molecule has 1 heterocycles. The average molecular weight is 228 g/mol. The number of carboxylic acid groups (broad SMARTS) is 1. The lowest BCUT2D eigenvalue weighted by atomic mass is 10.1. The summed E-state index contributed by atoms with van der Waals surface area (Å²) in [6.07, 6.45) is 6.29. The number of rotatable bonds is 1. The number of aliphatic imine (C=N–C) groups is 1. The molecule has 1 aliphatic heterocycles. The minimum atomic E-state index is -3.68. The molecule has 0 saturated heterocycles. The topological polar surface area (TPSA) is 95.8 Å². The SMILES string of the molecule is O=C(O)C1=NC2C=CC=CC2S(=O)(=O)N1. The molecule has 2 unspecified atom stereocenters. The van der Waals surface area contributed by atoms with Crippen LogP contribution in [-0.4, -0.2) is 36.6 Å². The second-order valence-electron chi connectivity index (χ2n) is 3.15. The standard InChI is InChI=1S/C8H8N2O4S/c11-8(12)7-9-5-3-1-2-4-6(5)15(13,14)10-7/h1-6H,(H,9,10)(H,11,12). The lowest BCUT2D eigenvalue weighted by Gasteiger charge is -2.26. The zero-order chi connectivity index (χ0) is 11.1. The molecule has 0 aromatic carbocycles. The fraction of sp³-hybridized carbons (Fsp3) is 0.250. The highest BCUT2D eigenvalue weighted by Gasteiger charge is 2.37. The van der Waals surface area contributed by atoms with E-state index in [4.69, 9.17) is 5.11 Å². The predicted octanol–water partition coefficient (Wildman–Crippen LogP) is -0.734. The lowest BCUT2D eigenvalue weighted by Crippen LogP contribution is -2.50. The van der Waals surface area contributed by atoms with Crippen LogP contribution < -0.4 is 4.72 Å². The summed E-state index contributed by atoms with van der Waals surface area (Å²) in [5.74, 6) is -1.91. The van der Waals surface area contributed by atoms with Gasteiger partial charge in [0.2, 0.25) is 15.9 Å². The maximum absolute atomic E-state index is 11.6. The fourth-order valence-corrected chi connectivity index (χ4v) is 2.82. The van der Waals surface area contributed by atoms with Crippen molar-refractivity contribution in [3.8, 4) is 0 Å². The summed E-state index contributed by atoms with van der Waals surface area (Å²) in [5.41, 5.74) is 0. The van der Waals surface area contributed by atoms with Gasteiger partial charge in [0.1, 0.15) is 5.25 Å². The third-order valence-corrected chi connectivity index (χ3v) is 3.77. The van der Waals surface area contributed by atoms with Gasteiger partial charge in [0.25, 0.3) is 0 Å². The van der Waals surface area contributed by atoms with Gasteiger partial charge in [0.15, 0.2) is 0 Å². The minimum absolute atomic E-state index is 0.531. The minimum Gasteiger partial charge on any atom is -0.475 e. The third kappa shape index (κ3) is 1.65. The van der Waals surface area contributed by atoms with E-state index in [0.29, 0.717) is 0 Å². The van der Waals surface area contributed by atoms with Crippen LogP contribution in [-0.2, 0) is 14.8 Å². The molecule has 2 aliphatic rings. The number of hydrogen-bond acceptors (Lipinski definition) is 4. The van der Waals surface area contributed by atoms with Crippen LogP contribution in [0.4, 0.5) is 0 Å². The zero-order valence-electron chi connectivity index (χ0n) is 7.49. The molecule has 0 radical (unpaired) electrons. The summed E-state index contributed by atoms with van der Waals surface area (Å²) < 4.78 is 25.1. The largest absolute Gasteiger partial charge is 0.475 e. The van der Waals surface area contributed by atoms with Crippen LogP contribution in [0.25, 0.3) is 0 Å². The van der Waals surface area contributed by atoms with Gasteiger partial charge >= 0.3 is 5.97 Å². The van der Waals surface area contributed by atoms with E-state index >= 15 is 0 Å². The van der Waals surface area contributed by atoms with Crippen molar-refractivity contribution in [1.82, 2.24) is 4.72 Å². The average Bonchev–Trinajstić information content (AvgIpc) is 2.16. The fourth-order valence-electron chi connectivity index (χ4n) is 1.46. The van der Waals surface area contributed by atoms with E-state index in [0.717, 1.165) is 0 Å². The first kappa shape index (κ1) is 9.91. The molecule has 0 spiro atoms. The molecule has 0 fully saturated rings. The number of fused-ring (bicyclic) bond motifs is 1. The van der Waals surface area contributed by atoms with Crippen molar-refractivity contribution >= 4 is 21.8 Å². The third-order valence-electron chi connectivity index (χ3n) is 2.13. The number of nitrogens with one attached hydrogen (secondary N) is 1. The molecule has 0 saturated carbocycles. The molecule has 7 heteroatoms. The molecule has 80 valence electrons. The first-order valence-corrected chi connectivity index (χ1v) is 5.73. The Hall–Kier alpha value is -1.63. The molecule has 0 bridgehead atoms. The number of hydrogen-bond donors (Lipinski definition) is 2.